The Morgan fingerprint density at radius 1 is 0.935 bits per heavy atom. The largest absolute Gasteiger partial charge is 0.384 e. The zero-order chi connectivity index (χ0) is 22.3. The third-order valence-corrected chi connectivity index (χ3v) is 8.08. The SMILES string of the molecule is CCCCc1ccc([C@]2(O)C(C)(C)[C@@H](N3CCN(c4ccccn4)CC3)C2(C)C)cc1. The van der Waals surface area contributed by atoms with Crippen LogP contribution in [0.2, 0.25) is 0 Å². The van der Waals surface area contributed by atoms with Crippen molar-refractivity contribution in [3.05, 3.63) is 59.8 Å². The Morgan fingerprint density at radius 2 is 1.58 bits per heavy atom. The summed E-state index contributed by atoms with van der Waals surface area (Å²) in [5.41, 5.74) is 1.13. The van der Waals surface area contributed by atoms with Crippen molar-refractivity contribution in [2.24, 2.45) is 10.8 Å². The van der Waals surface area contributed by atoms with Crippen molar-refractivity contribution < 1.29 is 5.11 Å². The van der Waals surface area contributed by atoms with Crippen molar-refractivity contribution >= 4 is 5.82 Å². The van der Waals surface area contributed by atoms with Gasteiger partial charge in [-0.2, -0.15) is 0 Å². The smallest absolute Gasteiger partial charge is 0.128 e. The second kappa shape index (κ2) is 8.22. The maximum absolute atomic E-state index is 12.1. The molecule has 1 aliphatic heterocycles. The van der Waals surface area contributed by atoms with Gasteiger partial charge >= 0.3 is 0 Å². The number of hydrogen-bond acceptors (Lipinski definition) is 4. The van der Waals surface area contributed by atoms with Crippen molar-refractivity contribution in [2.45, 2.75) is 65.5 Å². The highest BCUT2D eigenvalue weighted by atomic mass is 16.3. The van der Waals surface area contributed by atoms with E-state index in [9.17, 15) is 5.11 Å². The van der Waals surface area contributed by atoms with E-state index >= 15 is 0 Å². The summed E-state index contributed by atoms with van der Waals surface area (Å²) >= 11 is 0. The van der Waals surface area contributed by atoms with Gasteiger partial charge in [0, 0.05) is 49.2 Å². The molecule has 4 heteroatoms. The molecule has 1 saturated carbocycles. The van der Waals surface area contributed by atoms with Gasteiger partial charge in [-0.1, -0.05) is 71.4 Å². The maximum atomic E-state index is 12.1. The summed E-state index contributed by atoms with van der Waals surface area (Å²) in [6, 6.07) is 15.2. The van der Waals surface area contributed by atoms with E-state index < -0.39 is 5.60 Å². The summed E-state index contributed by atoms with van der Waals surface area (Å²) < 4.78 is 0. The molecule has 2 aromatic rings. The molecule has 1 saturated heterocycles. The van der Waals surface area contributed by atoms with Crippen molar-refractivity contribution in [2.75, 3.05) is 31.1 Å². The van der Waals surface area contributed by atoms with Gasteiger partial charge < -0.3 is 10.0 Å². The molecule has 0 spiro atoms. The molecule has 31 heavy (non-hydrogen) atoms. The number of pyridine rings is 1. The van der Waals surface area contributed by atoms with E-state index in [1.54, 1.807) is 0 Å². The molecular formula is C27H39N3O. The van der Waals surface area contributed by atoms with E-state index in [2.05, 4.69) is 85.8 Å². The lowest BCUT2D eigenvalue weighted by Crippen LogP contribution is -2.79. The lowest BCUT2D eigenvalue weighted by atomic mass is 9.39. The summed E-state index contributed by atoms with van der Waals surface area (Å²) in [4.78, 5) is 9.49. The number of nitrogens with zero attached hydrogens (tertiary/aromatic N) is 3. The van der Waals surface area contributed by atoms with Gasteiger partial charge in [0.1, 0.15) is 11.4 Å². The van der Waals surface area contributed by atoms with Gasteiger partial charge in [0.05, 0.1) is 0 Å². The summed E-state index contributed by atoms with van der Waals surface area (Å²) in [6.45, 7) is 15.2. The van der Waals surface area contributed by atoms with Crippen molar-refractivity contribution in [3.8, 4) is 0 Å². The first-order valence-electron chi connectivity index (χ1n) is 12.0. The van der Waals surface area contributed by atoms with E-state index in [1.807, 2.05) is 12.3 Å². The van der Waals surface area contributed by atoms with Crippen LogP contribution in [0.1, 0.15) is 58.6 Å². The van der Waals surface area contributed by atoms with Gasteiger partial charge in [-0.3, -0.25) is 4.90 Å². The van der Waals surface area contributed by atoms with Gasteiger partial charge in [-0.25, -0.2) is 4.98 Å². The van der Waals surface area contributed by atoms with Gasteiger partial charge in [-0.15, -0.1) is 0 Å². The van der Waals surface area contributed by atoms with E-state index in [1.165, 1.54) is 18.4 Å². The zero-order valence-corrected chi connectivity index (χ0v) is 19.9. The Balaban J connectivity index is 1.50. The third kappa shape index (κ3) is 3.48. The molecule has 0 atom stereocenters. The second-order valence-electron chi connectivity index (χ2n) is 10.6. The average molecular weight is 422 g/mol. The topological polar surface area (TPSA) is 39.6 Å². The molecule has 4 nitrogen and oxygen atoms in total. The van der Waals surface area contributed by atoms with E-state index in [4.69, 9.17) is 0 Å². The predicted octanol–water partition coefficient (Wildman–Crippen LogP) is 4.87. The Morgan fingerprint density at radius 3 is 2.13 bits per heavy atom. The first kappa shape index (κ1) is 22.3. The van der Waals surface area contributed by atoms with Gasteiger partial charge in [0.15, 0.2) is 0 Å². The lowest BCUT2D eigenvalue weighted by molar-refractivity contribution is -0.307. The predicted molar refractivity (Wildman–Crippen MR) is 128 cm³/mol. The molecule has 2 heterocycles. The number of hydrogen-bond donors (Lipinski definition) is 1. The van der Waals surface area contributed by atoms with Crippen LogP contribution in [0.5, 0.6) is 0 Å². The number of anilines is 1. The van der Waals surface area contributed by atoms with Gasteiger partial charge in [0.25, 0.3) is 0 Å². The molecule has 1 N–H and O–H groups in total. The minimum atomic E-state index is -0.841. The molecule has 1 aliphatic carbocycles. The average Bonchev–Trinajstić information content (AvgIpc) is 2.78. The molecule has 0 unspecified atom stereocenters. The summed E-state index contributed by atoms with van der Waals surface area (Å²) in [6.07, 6.45) is 5.41. The molecule has 2 fully saturated rings. The number of aliphatic hydroxyl groups is 1. The molecule has 4 rings (SSSR count). The normalized spacial score (nSPS) is 27.7. The number of unbranched alkanes of at least 4 members (excludes halogenated alkanes) is 1. The van der Waals surface area contributed by atoms with Crippen LogP contribution in [0.15, 0.2) is 48.7 Å². The fourth-order valence-electron chi connectivity index (χ4n) is 6.75. The third-order valence-electron chi connectivity index (χ3n) is 8.08. The quantitative estimate of drug-likeness (QED) is 0.722. The van der Waals surface area contributed by atoms with E-state index in [0.29, 0.717) is 6.04 Å². The summed E-state index contributed by atoms with van der Waals surface area (Å²) in [5, 5.41) is 12.1. The molecule has 0 radical (unpaired) electrons. The van der Waals surface area contributed by atoms with Crippen LogP contribution >= 0.6 is 0 Å². The fourth-order valence-corrected chi connectivity index (χ4v) is 6.75. The number of aromatic nitrogens is 1. The Kier molecular flexibility index (Phi) is 5.91. The molecule has 1 aromatic heterocycles. The standard InChI is InChI=1S/C27H39N3O/c1-6-7-10-21-12-14-22(15-13-21)27(31)25(2,3)24(26(27,4)5)30-19-17-29(18-20-30)23-11-8-9-16-28-23/h8-9,11-16,24,31H,6-7,10,17-20H2,1-5H3/t24-,27+. The monoisotopic (exact) mass is 421 g/mol. The molecular weight excluding hydrogens is 382 g/mol. The Bertz CT molecular complexity index is 851. The van der Waals surface area contributed by atoms with E-state index in [-0.39, 0.29) is 10.8 Å². The van der Waals surface area contributed by atoms with Crippen LogP contribution in [0.3, 0.4) is 0 Å². The lowest BCUT2D eigenvalue weighted by Gasteiger charge is -2.72. The van der Waals surface area contributed by atoms with Gasteiger partial charge in [0.2, 0.25) is 0 Å². The molecule has 168 valence electrons. The number of aryl methyl sites for hydroxylation is 1. The van der Waals surface area contributed by atoms with Crippen LogP contribution in [0.4, 0.5) is 5.82 Å². The molecule has 2 aliphatic rings. The zero-order valence-electron chi connectivity index (χ0n) is 19.9. The van der Waals surface area contributed by atoms with Crippen molar-refractivity contribution in [3.63, 3.8) is 0 Å². The molecule has 1 aromatic carbocycles. The minimum absolute atomic E-state index is 0.228. The molecule has 0 bridgehead atoms. The maximum Gasteiger partial charge on any atom is 0.128 e. The highest BCUT2D eigenvalue weighted by Gasteiger charge is 2.73. The highest BCUT2D eigenvalue weighted by Crippen LogP contribution is 2.68. The number of benzene rings is 1. The minimum Gasteiger partial charge on any atom is -0.384 e. The first-order valence-corrected chi connectivity index (χ1v) is 12.0. The number of piperazine rings is 1. The van der Waals surface area contributed by atoms with Crippen LogP contribution in [-0.2, 0) is 12.0 Å². The highest BCUT2D eigenvalue weighted by molar-refractivity contribution is 5.40. The van der Waals surface area contributed by atoms with Crippen LogP contribution < -0.4 is 4.90 Å². The summed E-state index contributed by atoms with van der Waals surface area (Å²) in [5.74, 6) is 1.06. The second-order valence-corrected chi connectivity index (χ2v) is 10.6. The summed E-state index contributed by atoms with van der Waals surface area (Å²) in [7, 11) is 0. The Labute approximate surface area is 188 Å². The van der Waals surface area contributed by atoms with Crippen LogP contribution in [0, 0.1) is 10.8 Å². The Hall–Kier alpha value is -1.91. The van der Waals surface area contributed by atoms with Crippen molar-refractivity contribution in [1.82, 2.24) is 9.88 Å². The fraction of sp³-hybridized carbons (Fsp3) is 0.593. The number of rotatable bonds is 6. The molecule has 0 amide bonds. The van der Waals surface area contributed by atoms with E-state index in [0.717, 1.165) is 44.0 Å². The first-order chi connectivity index (χ1) is 14.7. The van der Waals surface area contributed by atoms with Gasteiger partial charge in [-0.05, 0) is 36.1 Å². The van der Waals surface area contributed by atoms with Crippen LogP contribution in [-0.4, -0.2) is 47.2 Å². The van der Waals surface area contributed by atoms with Crippen LogP contribution in [0.25, 0.3) is 0 Å². The van der Waals surface area contributed by atoms with Crippen molar-refractivity contribution in [1.29, 1.82) is 0 Å².